The zero-order valence-corrected chi connectivity index (χ0v) is 20.9. The van der Waals surface area contributed by atoms with E-state index in [9.17, 15) is 23.2 Å². The first-order valence-electron chi connectivity index (χ1n) is 12.6. The number of halogens is 3. The number of carbonyl (C=O) groups is 1. The maximum absolute atomic E-state index is 12.8. The van der Waals surface area contributed by atoms with Gasteiger partial charge < -0.3 is 15.1 Å². The number of nitrogens with zero attached hydrogens (tertiary/aromatic N) is 6. The maximum Gasteiger partial charge on any atom is 0.419 e. The van der Waals surface area contributed by atoms with E-state index in [1.165, 1.54) is 0 Å². The normalized spacial score (nSPS) is 19.5. The lowest BCUT2D eigenvalue weighted by molar-refractivity contribution is -0.138. The Morgan fingerprint density at radius 2 is 1.84 bits per heavy atom. The Morgan fingerprint density at radius 3 is 2.49 bits per heavy atom. The molecule has 0 unspecified atom stereocenters. The second kappa shape index (κ2) is 11.8. The van der Waals surface area contributed by atoms with Crippen molar-refractivity contribution in [2.75, 3.05) is 44.2 Å². The number of nitrogens with one attached hydrogen (secondary N) is 1. The van der Waals surface area contributed by atoms with Gasteiger partial charge in [-0.05, 0) is 56.8 Å². The molecule has 3 heterocycles. The fourth-order valence-corrected chi connectivity index (χ4v) is 5.00. The predicted molar refractivity (Wildman–Crippen MR) is 133 cm³/mol. The van der Waals surface area contributed by atoms with E-state index in [1.807, 2.05) is 31.2 Å². The van der Waals surface area contributed by atoms with Gasteiger partial charge in [0.15, 0.2) is 0 Å². The summed E-state index contributed by atoms with van der Waals surface area (Å²) < 4.78 is 38.3. The molecule has 198 valence electrons. The minimum atomic E-state index is -4.47. The first-order valence-corrected chi connectivity index (χ1v) is 12.6. The van der Waals surface area contributed by atoms with E-state index in [0.717, 1.165) is 62.4 Å². The molecule has 0 saturated carbocycles. The second-order valence-corrected chi connectivity index (χ2v) is 9.77. The minimum Gasteiger partial charge on any atom is -0.338 e. The Labute approximate surface area is 215 Å². The summed E-state index contributed by atoms with van der Waals surface area (Å²) in [7, 11) is 0. The number of hydrogen-bond donors (Lipinski definition) is 1. The average molecular weight is 516 g/mol. The SMILES string of the molecule is C[C@@H]1CN(c2ncc(C(F)(F)F)cn2)CCN1C(=O)NCCC1CCN(Cc2ccccc2C#N)CC1. The van der Waals surface area contributed by atoms with Gasteiger partial charge in [-0.3, -0.25) is 4.90 Å². The van der Waals surface area contributed by atoms with Gasteiger partial charge in [-0.2, -0.15) is 18.4 Å². The molecule has 11 heteroatoms. The van der Waals surface area contributed by atoms with E-state index in [1.54, 1.807) is 9.80 Å². The Hall–Kier alpha value is -3.39. The van der Waals surface area contributed by atoms with Crippen LogP contribution in [-0.4, -0.2) is 71.1 Å². The molecule has 0 radical (unpaired) electrons. The molecule has 2 saturated heterocycles. The third-order valence-electron chi connectivity index (χ3n) is 7.20. The molecule has 2 aromatic rings. The zero-order chi connectivity index (χ0) is 26.4. The van der Waals surface area contributed by atoms with Crippen molar-refractivity contribution in [2.24, 2.45) is 5.92 Å². The molecular weight excluding hydrogens is 483 g/mol. The summed E-state index contributed by atoms with van der Waals surface area (Å²) in [6, 6.07) is 9.74. The number of likely N-dealkylation sites (tertiary alicyclic amines) is 1. The van der Waals surface area contributed by atoms with Crippen molar-refractivity contribution in [3.8, 4) is 6.07 Å². The summed E-state index contributed by atoms with van der Waals surface area (Å²) >= 11 is 0. The van der Waals surface area contributed by atoms with Gasteiger partial charge in [-0.1, -0.05) is 18.2 Å². The van der Waals surface area contributed by atoms with Crippen LogP contribution in [0.1, 0.15) is 42.9 Å². The number of piperidine rings is 1. The number of alkyl halides is 3. The van der Waals surface area contributed by atoms with Crippen molar-refractivity contribution >= 4 is 12.0 Å². The number of hydrogen-bond acceptors (Lipinski definition) is 6. The van der Waals surface area contributed by atoms with Crippen LogP contribution < -0.4 is 10.2 Å². The van der Waals surface area contributed by atoms with Crippen LogP contribution in [0.2, 0.25) is 0 Å². The highest BCUT2D eigenvalue weighted by atomic mass is 19.4. The molecule has 37 heavy (non-hydrogen) atoms. The fourth-order valence-electron chi connectivity index (χ4n) is 5.00. The Bertz CT molecular complexity index is 1090. The number of anilines is 1. The van der Waals surface area contributed by atoms with Crippen LogP contribution in [-0.2, 0) is 12.7 Å². The number of carbonyl (C=O) groups excluding carboxylic acids is 1. The molecule has 8 nitrogen and oxygen atoms in total. The van der Waals surface area contributed by atoms with Crippen LogP contribution in [0.4, 0.5) is 23.9 Å². The molecule has 2 fully saturated rings. The number of aromatic nitrogens is 2. The van der Waals surface area contributed by atoms with E-state index in [0.29, 0.717) is 32.1 Å². The van der Waals surface area contributed by atoms with Gasteiger partial charge in [0.05, 0.1) is 17.2 Å². The first-order chi connectivity index (χ1) is 17.7. The predicted octanol–water partition coefficient (Wildman–Crippen LogP) is 3.89. The maximum atomic E-state index is 12.8. The van der Waals surface area contributed by atoms with Gasteiger partial charge >= 0.3 is 12.2 Å². The van der Waals surface area contributed by atoms with Crippen molar-refractivity contribution in [1.82, 2.24) is 25.1 Å². The summed E-state index contributed by atoms with van der Waals surface area (Å²) in [5.41, 5.74) is 0.918. The van der Waals surface area contributed by atoms with E-state index in [2.05, 4.69) is 26.3 Å². The molecule has 0 spiro atoms. The quantitative estimate of drug-likeness (QED) is 0.628. The lowest BCUT2D eigenvalue weighted by atomic mass is 9.93. The molecule has 2 amide bonds. The Kier molecular flexibility index (Phi) is 8.48. The summed E-state index contributed by atoms with van der Waals surface area (Å²) in [6.45, 7) is 6.61. The second-order valence-electron chi connectivity index (χ2n) is 9.77. The number of benzene rings is 1. The highest BCUT2D eigenvalue weighted by molar-refractivity contribution is 5.74. The lowest BCUT2D eigenvalue weighted by Crippen LogP contribution is -2.57. The first kappa shape index (κ1) is 26.7. The average Bonchev–Trinajstić information content (AvgIpc) is 2.89. The van der Waals surface area contributed by atoms with Crippen molar-refractivity contribution in [1.29, 1.82) is 5.26 Å². The van der Waals surface area contributed by atoms with Gasteiger partial charge in [0.1, 0.15) is 0 Å². The number of amides is 2. The van der Waals surface area contributed by atoms with Crippen LogP contribution in [0, 0.1) is 17.2 Å². The fraction of sp³-hybridized carbons (Fsp3) is 0.538. The zero-order valence-electron chi connectivity index (χ0n) is 20.9. The lowest BCUT2D eigenvalue weighted by Gasteiger charge is -2.39. The monoisotopic (exact) mass is 515 g/mol. The van der Waals surface area contributed by atoms with Gasteiger partial charge in [-0.25, -0.2) is 14.8 Å². The highest BCUT2D eigenvalue weighted by Gasteiger charge is 2.33. The summed E-state index contributed by atoms with van der Waals surface area (Å²) in [4.78, 5) is 26.5. The third-order valence-corrected chi connectivity index (χ3v) is 7.20. The van der Waals surface area contributed by atoms with Gasteiger partial charge in [-0.15, -0.1) is 0 Å². The van der Waals surface area contributed by atoms with Crippen molar-refractivity contribution in [3.05, 3.63) is 53.3 Å². The molecule has 0 bridgehead atoms. The van der Waals surface area contributed by atoms with E-state index < -0.39 is 11.7 Å². The van der Waals surface area contributed by atoms with Crippen molar-refractivity contribution in [2.45, 2.75) is 44.9 Å². The van der Waals surface area contributed by atoms with Crippen LogP contribution >= 0.6 is 0 Å². The van der Waals surface area contributed by atoms with Gasteiger partial charge in [0.2, 0.25) is 5.95 Å². The Morgan fingerprint density at radius 1 is 1.14 bits per heavy atom. The molecule has 4 rings (SSSR count). The summed E-state index contributed by atoms with van der Waals surface area (Å²) in [6.07, 6.45) is 0.162. The largest absolute Gasteiger partial charge is 0.419 e. The van der Waals surface area contributed by atoms with E-state index in [4.69, 9.17) is 0 Å². The molecule has 1 aromatic carbocycles. The van der Waals surface area contributed by atoms with Crippen LogP contribution in [0.5, 0.6) is 0 Å². The molecule has 2 aliphatic rings. The van der Waals surface area contributed by atoms with E-state index in [-0.39, 0.29) is 18.0 Å². The molecule has 2 aliphatic heterocycles. The highest BCUT2D eigenvalue weighted by Crippen LogP contribution is 2.28. The number of piperazine rings is 1. The van der Waals surface area contributed by atoms with Crippen LogP contribution in [0.25, 0.3) is 0 Å². The topological polar surface area (TPSA) is 88.4 Å². The van der Waals surface area contributed by atoms with Gasteiger partial charge in [0.25, 0.3) is 0 Å². The number of rotatable bonds is 6. The summed E-state index contributed by atoms with van der Waals surface area (Å²) in [5.74, 6) is 0.788. The third kappa shape index (κ3) is 6.89. The van der Waals surface area contributed by atoms with Crippen molar-refractivity contribution < 1.29 is 18.0 Å². The van der Waals surface area contributed by atoms with Crippen LogP contribution in [0.15, 0.2) is 36.7 Å². The molecule has 1 N–H and O–H groups in total. The number of nitriles is 1. The molecular formula is C26H32F3N7O. The van der Waals surface area contributed by atoms with Gasteiger partial charge in [0, 0.05) is 51.2 Å². The minimum absolute atomic E-state index is 0.119. The van der Waals surface area contributed by atoms with Crippen LogP contribution in [0.3, 0.4) is 0 Å². The number of urea groups is 1. The van der Waals surface area contributed by atoms with Crippen molar-refractivity contribution in [3.63, 3.8) is 0 Å². The molecule has 1 atom stereocenters. The molecule has 1 aromatic heterocycles. The van der Waals surface area contributed by atoms with E-state index >= 15 is 0 Å². The standard InChI is InChI=1S/C26H32F3N7O/c1-19-17-35(24-32-15-23(16-33-24)26(27,28)29)12-13-36(19)25(37)31-9-6-20-7-10-34(11-8-20)18-22-5-3-2-4-21(22)14-30/h2-5,15-16,19-20H,6-13,17-18H2,1H3,(H,31,37)/t19-/m1/s1. The summed E-state index contributed by atoms with van der Waals surface area (Å²) in [5, 5.41) is 12.3. The molecule has 0 aliphatic carbocycles. The smallest absolute Gasteiger partial charge is 0.338 e. The Balaban J connectivity index is 1.17.